The summed E-state index contributed by atoms with van der Waals surface area (Å²) < 4.78 is 39.1. The molecular formula is C22H17ClF3N3O2S. The molecule has 2 amide bonds. The Labute approximate surface area is 191 Å². The molecule has 0 spiro atoms. The zero-order valence-electron chi connectivity index (χ0n) is 16.9. The summed E-state index contributed by atoms with van der Waals surface area (Å²) in [7, 11) is 0. The number of anilines is 3. The number of nitrogens with zero attached hydrogens (tertiary/aromatic N) is 2. The third kappa shape index (κ3) is 5.74. The van der Waals surface area contributed by atoms with Crippen LogP contribution in [0.5, 0.6) is 0 Å². The number of benzene rings is 2. The zero-order valence-corrected chi connectivity index (χ0v) is 18.5. The topological polar surface area (TPSA) is 62.3 Å². The number of carbonyl (C=O) groups is 2. The van der Waals surface area contributed by atoms with Crippen molar-refractivity contribution in [2.45, 2.75) is 20.0 Å². The Hall–Kier alpha value is -3.17. The van der Waals surface area contributed by atoms with E-state index in [0.717, 1.165) is 33.9 Å². The molecule has 0 unspecified atom stereocenters. The normalized spacial score (nSPS) is 11.6. The Morgan fingerprint density at radius 3 is 2.59 bits per heavy atom. The van der Waals surface area contributed by atoms with Crippen molar-refractivity contribution in [3.05, 3.63) is 75.8 Å². The van der Waals surface area contributed by atoms with Crippen molar-refractivity contribution in [1.82, 2.24) is 4.98 Å². The Balaban J connectivity index is 1.77. The summed E-state index contributed by atoms with van der Waals surface area (Å²) in [6, 6.07) is 9.56. The number of carbonyl (C=O) groups excluding carboxylic acids is 2. The number of nitrogens with one attached hydrogen (secondary N) is 1. The maximum absolute atomic E-state index is 13.0. The summed E-state index contributed by atoms with van der Waals surface area (Å²) in [6.45, 7) is 3.08. The fourth-order valence-electron chi connectivity index (χ4n) is 2.72. The molecule has 5 nitrogen and oxygen atoms in total. The van der Waals surface area contributed by atoms with Crippen LogP contribution < -0.4 is 10.2 Å². The molecule has 3 rings (SSSR count). The number of halogens is 4. The summed E-state index contributed by atoms with van der Waals surface area (Å²) in [5.74, 6) is -0.913. The van der Waals surface area contributed by atoms with Gasteiger partial charge in [-0.1, -0.05) is 23.7 Å². The average molecular weight is 480 g/mol. The van der Waals surface area contributed by atoms with Crippen LogP contribution in [0.25, 0.3) is 6.08 Å². The van der Waals surface area contributed by atoms with Gasteiger partial charge in [0.2, 0.25) is 11.8 Å². The molecule has 0 aliphatic heterocycles. The van der Waals surface area contributed by atoms with Gasteiger partial charge in [0.1, 0.15) is 0 Å². The smallest absolute Gasteiger partial charge is 0.322 e. The van der Waals surface area contributed by atoms with Crippen LogP contribution in [0.1, 0.15) is 23.7 Å². The van der Waals surface area contributed by atoms with E-state index in [2.05, 4.69) is 10.3 Å². The highest BCUT2D eigenvalue weighted by Crippen LogP contribution is 2.35. The molecule has 0 bridgehead atoms. The maximum atomic E-state index is 13.0. The van der Waals surface area contributed by atoms with Crippen molar-refractivity contribution < 1.29 is 22.8 Å². The third-order valence-electron chi connectivity index (χ3n) is 4.29. The summed E-state index contributed by atoms with van der Waals surface area (Å²) >= 11 is 7.11. The summed E-state index contributed by atoms with van der Waals surface area (Å²) in [6.07, 6.45) is -1.84. The Morgan fingerprint density at radius 1 is 1.19 bits per heavy atom. The van der Waals surface area contributed by atoms with E-state index in [0.29, 0.717) is 16.4 Å². The summed E-state index contributed by atoms with van der Waals surface area (Å²) in [5.41, 5.74) is 0.963. The van der Waals surface area contributed by atoms with Gasteiger partial charge >= 0.3 is 6.18 Å². The van der Waals surface area contributed by atoms with E-state index in [9.17, 15) is 22.8 Å². The van der Waals surface area contributed by atoms with Gasteiger partial charge in [-0.3, -0.25) is 14.5 Å². The molecule has 0 fully saturated rings. The van der Waals surface area contributed by atoms with Gasteiger partial charge in [0.05, 0.1) is 16.9 Å². The van der Waals surface area contributed by atoms with Gasteiger partial charge in [0.15, 0.2) is 5.13 Å². The minimum atomic E-state index is -4.54. The molecule has 0 saturated heterocycles. The number of hydrogen-bond donors (Lipinski definition) is 1. The number of aromatic nitrogens is 1. The SMILES string of the molecule is CC(=O)N(c1cccc(C(F)(F)F)c1)c1nc(/C=C/C(=O)Nc2ccc(C)c(Cl)c2)cs1. The fourth-order valence-corrected chi connectivity index (χ4v) is 3.75. The van der Waals surface area contributed by atoms with Crippen molar-refractivity contribution in [1.29, 1.82) is 0 Å². The average Bonchev–Trinajstić information content (AvgIpc) is 3.17. The van der Waals surface area contributed by atoms with Gasteiger partial charge < -0.3 is 5.32 Å². The Morgan fingerprint density at radius 2 is 1.94 bits per heavy atom. The molecule has 0 aliphatic carbocycles. The molecule has 0 radical (unpaired) electrons. The van der Waals surface area contributed by atoms with E-state index in [-0.39, 0.29) is 10.8 Å². The van der Waals surface area contributed by atoms with E-state index in [4.69, 9.17) is 11.6 Å². The van der Waals surface area contributed by atoms with Crippen LogP contribution in [-0.4, -0.2) is 16.8 Å². The first-order valence-corrected chi connectivity index (χ1v) is 10.5. The Kier molecular flexibility index (Phi) is 7.00. The quantitative estimate of drug-likeness (QED) is 0.427. The van der Waals surface area contributed by atoms with Crippen LogP contribution in [0, 0.1) is 6.92 Å². The Bertz CT molecular complexity index is 1190. The van der Waals surface area contributed by atoms with Gasteiger partial charge in [-0.05, 0) is 48.9 Å². The third-order valence-corrected chi connectivity index (χ3v) is 5.54. The molecule has 0 atom stereocenters. The van der Waals surface area contributed by atoms with E-state index in [1.807, 2.05) is 6.92 Å². The molecule has 10 heteroatoms. The van der Waals surface area contributed by atoms with E-state index in [1.165, 1.54) is 31.2 Å². The predicted molar refractivity (Wildman–Crippen MR) is 120 cm³/mol. The van der Waals surface area contributed by atoms with E-state index < -0.39 is 23.6 Å². The minimum Gasteiger partial charge on any atom is -0.322 e. The van der Waals surface area contributed by atoms with Crippen LogP contribution >= 0.6 is 22.9 Å². The van der Waals surface area contributed by atoms with Crippen LogP contribution in [-0.2, 0) is 15.8 Å². The first kappa shape index (κ1) is 23.5. The molecule has 1 N–H and O–H groups in total. The number of alkyl halides is 3. The molecular weight excluding hydrogens is 463 g/mol. The second-order valence-corrected chi connectivity index (χ2v) is 7.99. The van der Waals surface area contributed by atoms with Gasteiger partial charge in [-0.15, -0.1) is 11.3 Å². The van der Waals surface area contributed by atoms with Crippen molar-refractivity contribution >= 4 is 57.3 Å². The van der Waals surface area contributed by atoms with E-state index >= 15 is 0 Å². The first-order chi connectivity index (χ1) is 15.0. The zero-order chi connectivity index (χ0) is 23.5. The first-order valence-electron chi connectivity index (χ1n) is 9.23. The van der Waals surface area contributed by atoms with Crippen molar-refractivity contribution in [2.75, 3.05) is 10.2 Å². The lowest BCUT2D eigenvalue weighted by Gasteiger charge is -2.19. The lowest BCUT2D eigenvalue weighted by Crippen LogP contribution is -2.23. The molecule has 3 aromatic rings. The highest BCUT2D eigenvalue weighted by Gasteiger charge is 2.31. The standard InChI is InChI=1S/C22H17ClF3N3O2S/c1-13-6-7-16(11-19(13)23)27-20(31)9-8-17-12-32-21(28-17)29(14(2)30)18-5-3-4-15(10-18)22(24,25)26/h3-12H,1-2H3,(H,27,31)/b9-8+. The molecule has 166 valence electrons. The van der Waals surface area contributed by atoms with Crippen molar-refractivity contribution in [2.24, 2.45) is 0 Å². The lowest BCUT2D eigenvalue weighted by molar-refractivity contribution is -0.137. The molecule has 0 saturated carbocycles. The number of amides is 2. The van der Waals surface area contributed by atoms with Crippen molar-refractivity contribution in [3.63, 3.8) is 0 Å². The minimum absolute atomic E-state index is 0.0474. The highest BCUT2D eigenvalue weighted by atomic mass is 35.5. The van der Waals surface area contributed by atoms with Gasteiger partial charge in [-0.25, -0.2) is 4.98 Å². The van der Waals surface area contributed by atoms with Crippen LogP contribution in [0.4, 0.5) is 29.7 Å². The van der Waals surface area contributed by atoms with Gasteiger partial charge in [-0.2, -0.15) is 13.2 Å². The highest BCUT2D eigenvalue weighted by molar-refractivity contribution is 7.14. The van der Waals surface area contributed by atoms with E-state index in [1.54, 1.807) is 23.6 Å². The van der Waals surface area contributed by atoms with Gasteiger partial charge in [0.25, 0.3) is 0 Å². The van der Waals surface area contributed by atoms with Crippen molar-refractivity contribution in [3.8, 4) is 0 Å². The lowest BCUT2D eigenvalue weighted by atomic mass is 10.2. The molecule has 32 heavy (non-hydrogen) atoms. The number of aryl methyl sites for hydroxylation is 1. The maximum Gasteiger partial charge on any atom is 0.416 e. The molecule has 1 aromatic heterocycles. The summed E-state index contributed by atoms with van der Waals surface area (Å²) in [4.78, 5) is 29.6. The second-order valence-electron chi connectivity index (χ2n) is 6.74. The molecule has 0 aliphatic rings. The van der Waals surface area contributed by atoms with Crippen LogP contribution in [0.15, 0.2) is 53.9 Å². The predicted octanol–water partition coefficient (Wildman–Crippen LogP) is 6.46. The summed E-state index contributed by atoms with van der Waals surface area (Å²) in [5, 5.41) is 4.96. The monoisotopic (exact) mass is 479 g/mol. The van der Waals surface area contributed by atoms with Crippen LogP contribution in [0.2, 0.25) is 5.02 Å². The van der Waals surface area contributed by atoms with Gasteiger partial charge in [0, 0.05) is 29.1 Å². The number of thiazole rings is 1. The molecule has 1 heterocycles. The fraction of sp³-hybridized carbons (Fsp3) is 0.136. The van der Waals surface area contributed by atoms with Crippen LogP contribution in [0.3, 0.4) is 0 Å². The number of hydrogen-bond acceptors (Lipinski definition) is 4. The number of rotatable bonds is 5. The molecule has 2 aromatic carbocycles. The second kappa shape index (κ2) is 9.54. The largest absolute Gasteiger partial charge is 0.416 e.